The SMILES string of the molecule is NC(=O)CCc1ccccc1-c1ccc(-c2ccccc2)c(NC(N)=O)c1. The van der Waals surface area contributed by atoms with Gasteiger partial charge in [-0.2, -0.15) is 0 Å². The highest BCUT2D eigenvalue weighted by Crippen LogP contribution is 2.34. The van der Waals surface area contributed by atoms with Crippen molar-refractivity contribution in [2.24, 2.45) is 11.5 Å². The maximum atomic E-state index is 11.5. The lowest BCUT2D eigenvalue weighted by atomic mass is 9.93. The van der Waals surface area contributed by atoms with Crippen LogP contribution in [-0.2, 0) is 11.2 Å². The molecule has 5 heteroatoms. The predicted octanol–water partition coefficient (Wildman–Crippen LogP) is 3.93. The van der Waals surface area contributed by atoms with E-state index < -0.39 is 6.03 Å². The molecule has 0 aliphatic rings. The van der Waals surface area contributed by atoms with E-state index in [0.29, 0.717) is 12.1 Å². The standard InChI is InChI=1S/C22H21N3O2/c23-21(26)13-11-16-8-4-5-9-18(16)17-10-12-19(15-6-2-1-3-7-15)20(14-17)25-22(24)27/h1-10,12,14H,11,13H2,(H2,23,26)(H3,24,25,27). The second-order valence-electron chi connectivity index (χ2n) is 6.24. The number of anilines is 1. The number of benzene rings is 3. The monoisotopic (exact) mass is 359 g/mol. The lowest BCUT2D eigenvalue weighted by molar-refractivity contribution is -0.117. The molecule has 5 N–H and O–H groups in total. The highest BCUT2D eigenvalue weighted by Gasteiger charge is 2.11. The number of hydrogen-bond acceptors (Lipinski definition) is 2. The molecule has 0 spiro atoms. The molecular formula is C22H21N3O2. The molecule has 5 nitrogen and oxygen atoms in total. The van der Waals surface area contributed by atoms with Crippen molar-refractivity contribution < 1.29 is 9.59 Å². The van der Waals surface area contributed by atoms with E-state index in [1.807, 2.05) is 72.8 Å². The number of aryl methyl sites for hydroxylation is 1. The van der Waals surface area contributed by atoms with E-state index in [9.17, 15) is 9.59 Å². The molecule has 0 saturated heterocycles. The van der Waals surface area contributed by atoms with Crippen LogP contribution in [0.3, 0.4) is 0 Å². The van der Waals surface area contributed by atoms with Gasteiger partial charge in [-0.3, -0.25) is 4.79 Å². The molecule has 0 bridgehead atoms. The van der Waals surface area contributed by atoms with E-state index in [1.165, 1.54) is 0 Å². The van der Waals surface area contributed by atoms with Gasteiger partial charge in [0.1, 0.15) is 0 Å². The van der Waals surface area contributed by atoms with Crippen molar-refractivity contribution in [3.8, 4) is 22.3 Å². The van der Waals surface area contributed by atoms with Gasteiger partial charge in [0, 0.05) is 12.0 Å². The third-order valence-corrected chi connectivity index (χ3v) is 4.33. The van der Waals surface area contributed by atoms with Gasteiger partial charge in [-0.05, 0) is 34.7 Å². The van der Waals surface area contributed by atoms with Crippen LogP contribution in [0.5, 0.6) is 0 Å². The van der Waals surface area contributed by atoms with Crippen LogP contribution in [0.2, 0.25) is 0 Å². The molecule has 0 saturated carbocycles. The maximum Gasteiger partial charge on any atom is 0.316 e. The summed E-state index contributed by atoms with van der Waals surface area (Å²) in [5, 5.41) is 2.72. The Morgan fingerprint density at radius 1 is 0.778 bits per heavy atom. The Bertz CT molecular complexity index is 968. The zero-order valence-corrected chi connectivity index (χ0v) is 14.8. The van der Waals surface area contributed by atoms with Gasteiger partial charge in [0.2, 0.25) is 5.91 Å². The smallest absolute Gasteiger partial charge is 0.316 e. The van der Waals surface area contributed by atoms with Crippen LogP contribution in [0.25, 0.3) is 22.3 Å². The van der Waals surface area contributed by atoms with Crippen LogP contribution < -0.4 is 16.8 Å². The van der Waals surface area contributed by atoms with Crippen molar-refractivity contribution in [1.82, 2.24) is 0 Å². The summed E-state index contributed by atoms with van der Waals surface area (Å²) in [4.78, 5) is 22.7. The van der Waals surface area contributed by atoms with Gasteiger partial charge in [0.25, 0.3) is 0 Å². The number of amides is 3. The minimum absolute atomic E-state index is 0.283. The minimum atomic E-state index is -0.619. The molecule has 27 heavy (non-hydrogen) atoms. The summed E-state index contributed by atoms with van der Waals surface area (Å²) in [5.41, 5.74) is 16.1. The van der Waals surface area contributed by atoms with Crippen molar-refractivity contribution in [1.29, 1.82) is 0 Å². The van der Waals surface area contributed by atoms with Crippen LogP contribution in [0, 0.1) is 0 Å². The van der Waals surface area contributed by atoms with Crippen molar-refractivity contribution >= 4 is 17.6 Å². The van der Waals surface area contributed by atoms with Crippen LogP contribution in [0.4, 0.5) is 10.5 Å². The number of nitrogens with one attached hydrogen (secondary N) is 1. The number of hydrogen-bond donors (Lipinski definition) is 3. The molecule has 0 heterocycles. The molecule has 0 aliphatic carbocycles. The van der Waals surface area contributed by atoms with Crippen LogP contribution >= 0.6 is 0 Å². The van der Waals surface area contributed by atoms with Gasteiger partial charge in [0.15, 0.2) is 0 Å². The first-order valence-electron chi connectivity index (χ1n) is 8.67. The lowest BCUT2D eigenvalue weighted by Gasteiger charge is -2.14. The van der Waals surface area contributed by atoms with Gasteiger partial charge in [-0.15, -0.1) is 0 Å². The third kappa shape index (κ3) is 4.52. The molecule has 0 radical (unpaired) electrons. The average molecular weight is 359 g/mol. The average Bonchev–Trinajstić information content (AvgIpc) is 2.67. The van der Waals surface area contributed by atoms with Crippen LogP contribution in [-0.4, -0.2) is 11.9 Å². The fraction of sp³-hybridized carbons (Fsp3) is 0.0909. The molecule has 136 valence electrons. The molecular weight excluding hydrogens is 338 g/mol. The summed E-state index contributed by atoms with van der Waals surface area (Å²) >= 11 is 0. The molecule has 3 aromatic carbocycles. The number of urea groups is 1. The van der Waals surface area contributed by atoms with Crippen molar-refractivity contribution in [3.05, 3.63) is 78.4 Å². The first-order valence-corrected chi connectivity index (χ1v) is 8.67. The molecule has 0 unspecified atom stereocenters. The first kappa shape index (κ1) is 18.2. The lowest BCUT2D eigenvalue weighted by Crippen LogP contribution is -2.19. The van der Waals surface area contributed by atoms with Crippen LogP contribution in [0.15, 0.2) is 72.8 Å². The number of nitrogens with two attached hydrogens (primary N) is 2. The zero-order valence-electron chi connectivity index (χ0n) is 14.8. The van der Waals surface area contributed by atoms with Crippen molar-refractivity contribution in [2.45, 2.75) is 12.8 Å². The Labute approximate surface area is 158 Å². The van der Waals surface area contributed by atoms with Gasteiger partial charge in [0.05, 0.1) is 5.69 Å². The molecule has 0 atom stereocenters. The highest BCUT2D eigenvalue weighted by molar-refractivity contribution is 5.95. The van der Waals surface area contributed by atoms with Crippen LogP contribution in [0.1, 0.15) is 12.0 Å². The molecule has 3 amide bonds. The van der Waals surface area contributed by atoms with Gasteiger partial charge in [-0.1, -0.05) is 66.7 Å². The molecule has 0 aromatic heterocycles. The molecule has 3 aromatic rings. The predicted molar refractivity (Wildman–Crippen MR) is 108 cm³/mol. The fourth-order valence-electron chi connectivity index (χ4n) is 3.10. The quantitative estimate of drug-likeness (QED) is 0.621. The van der Waals surface area contributed by atoms with Gasteiger partial charge < -0.3 is 16.8 Å². The minimum Gasteiger partial charge on any atom is -0.370 e. The number of rotatable bonds is 6. The van der Waals surface area contributed by atoms with Crippen molar-refractivity contribution in [3.63, 3.8) is 0 Å². The van der Waals surface area contributed by atoms with E-state index in [2.05, 4.69) is 5.32 Å². The van der Waals surface area contributed by atoms with Crippen molar-refractivity contribution in [2.75, 3.05) is 5.32 Å². The summed E-state index contributed by atoms with van der Waals surface area (Å²) in [7, 11) is 0. The van der Waals surface area contributed by atoms with E-state index in [4.69, 9.17) is 11.5 Å². The molecule has 3 rings (SSSR count). The number of carbonyl (C=O) groups excluding carboxylic acids is 2. The second kappa shape index (κ2) is 8.19. The second-order valence-corrected chi connectivity index (χ2v) is 6.24. The Kier molecular flexibility index (Phi) is 5.52. The van der Waals surface area contributed by atoms with E-state index in [1.54, 1.807) is 0 Å². The summed E-state index contributed by atoms with van der Waals surface area (Å²) in [6.45, 7) is 0. The largest absolute Gasteiger partial charge is 0.370 e. The highest BCUT2D eigenvalue weighted by atomic mass is 16.2. The maximum absolute atomic E-state index is 11.5. The Morgan fingerprint density at radius 3 is 2.19 bits per heavy atom. The summed E-state index contributed by atoms with van der Waals surface area (Å²) in [6.07, 6.45) is 0.843. The van der Waals surface area contributed by atoms with Gasteiger partial charge >= 0.3 is 6.03 Å². The Morgan fingerprint density at radius 2 is 1.48 bits per heavy atom. The summed E-state index contributed by atoms with van der Waals surface area (Å²) in [5.74, 6) is -0.333. The number of primary amides is 2. The Balaban J connectivity index is 2.05. The van der Waals surface area contributed by atoms with E-state index in [0.717, 1.165) is 27.8 Å². The third-order valence-electron chi connectivity index (χ3n) is 4.33. The zero-order chi connectivity index (χ0) is 19.2. The fourth-order valence-corrected chi connectivity index (χ4v) is 3.10. The van der Waals surface area contributed by atoms with E-state index in [-0.39, 0.29) is 12.3 Å². The topological polar surface area (TPSA) is 98.2 Å². The van der Waals surface area contributed by atoms with E-state index >= 15 is 0 Å². The summed E-state index contributed by atoms with van der Waals surface area (Å²) < 4.78 is 0. The first-order chi connectivity index (χ1) is 13.0. The normalized spacial score (nSPS) is 10.4. The molecule has 0 aliphatic heterocycles. The number of carbonyl (C=O) groups is 2. The molecule has 0 fully saturated rings. The summed E-state index contributed by atoms with van der Waals surface area (Å²) in [6, 6.07) is 22.8. The Hall–Kier alpha value is -3.60. The van der Waals surface area contributed by atoms with Gasteiger partial charge in [-0.25, -0.2) is 4.79 Å².